The second-order valence-corrected chi connectivity index (χ2v) is 5.35. The Labute approximate surface area is 114 Å². The molecule has 6 heteroatoms. The molecular formula is C14H11N2O4-. The number of aromatic nitrogens is 1. The molecular weight excluding hydrogens is 260 g/mol. The molecule has 0 saturated carbocycles. The van der Waals surface area contributed by atoms with Crippen LogP contribution in [-0.2, 0) is 14.3 Å². The van der Waals surface area contributed by atoms with E-state index < -0.39 is 29.5 Å². The third kappa shape index (κ3) is 1.29. The molecule has 0 aliphatic carbocycles. The van der Waals surface area contributed by atoms with Crippen LogP contribution in [0.2, 0.25) is 0 Å². The minimum Gasteiger partial charge on any atom is -0.550 e. The number of carboxylic acids is 1. The van der Waals surface area contributed by atoms with Crippen molar-refractivity contribution in [3.8, 4) is 0 Å². The Bertz CT molecular complexity index is 629. The van der Waals surface area contributed by atoms with Gasteiger partial charge in [-0.05, 0) is 12.1 Å². The molecule has 0 unspecified atom stereocenters. The predicted octanol–water partition coefficient (Wildman–Crippen LogP) is -0.882. The normalized spacial score (nSPS) is 37.5. The van der Waals surface area contributed by atoms with Gasteiger partial charge in [0.05, 0.1) is 30.5 Å². The number of carbonyl (C=O) groups is 2. The maximum atomic E-state index is 12.6. The van der Waals surface area contributed by atoms with Crippen LogP contribution in [-0.4, -0.2) is 35.1 Å². The zero-order chi connectivity index (χ0) is 13.9. The SMILES string of the molecule is O=C([O-])[C@H]1[C@@H]2C=C[C@@]3(CN(c4cccnc4)C(=O)[C@@H]13)O2. The van der Waals surface area contributed by atoms with Gasteiger partial charge in [0.2, 0.25) is 5.91 Å². The summed E-state index contributed by atoms with van der Waals surface area (Å²) < 4.78 is 5.77. The summed E-state index contributed by atoms with van der Waals surface area (Å²) in [5.41, 5.74) is -0.179. The molecule has 0 aromatic carbocycles. The molecule has 4 heterocycles. The number of aliphatic carboxylic acids is 1. The van der Waals surface area contributed by atoms with E-state index in [2.05, 4.69) is 4.98 Å². The zero-order valence-corrected chi connectivity index (χ0v) is 10.4. The molecule has 20 heavy (non-hydrogen) atoms. The minimum atomic E-state index is -1.23. The maximum absolute atomic E-state index is 12.6. The third-order valence-electron chi connectivity index (χ3n) is 4.33. The van der Waals surface area contributed by atoms with Crippen LogP contribution in [0.1, 0.15) is 0 Å². The number of fused-ring (bicyclic) bond motifs is 1. The predicted molar refractivity (Wildman–Crippen MR) is 65.3 cm³/mol. The van der Waals surface area contributed by atoms with Crippen molar-refractivity contribution in [1.29, 1.82) is 0 Å². The first-order chi connectivity index (χ1) is 9.62. The van der Waals surface area contributed by atoms with Gasteiger partial charge in [0.15, 0.2) is 0 Å². The number of amides is 1. The topological polar surface area (TPSA) is 82.6 Å². The molecule has 4 atom stereocenters. The van der Waals surface area contributed by atoms with Crippen LogP contribution in [0, 0.1) is 11.8 Å². The van der Waals surface area contributed by atoms with E-state index in [1.165, 1.54) is 0 Å². The standard InChI is InChI=1S/C14H12N2O4/c17-12-11-10(13(18)19)9-3-4-14(11,20-9)7-16(12)8-2-1-5-15-6-8/h1-6,9-11H,7H2,(H,18,19)/p-1/t9-,10-,11+,14-/m0/s1. The van der Waals surface area contributed by atoms with E-state index >= 15 is 0 Å². The van der Waals surface area contributed by atoms with Gasteiger partial charge in [0.1, 0.15) is 5.60 Å². The summed E-state index contributed by atoms with van der Waals surface area (Å²) in [5, 5.41) is 11.3. The van der Waals surface area contributed by atoms with Gasteiger partial charge in [-0.1, -0.05) is 12.2 Å². The van der Waals surface area contributed by atoms with Gasteiger partial charge < -0.3 is 19.5 Å². The molecule has 3 aliphatic heterocycles. The number of ether oxygens (including phenoxy) is 1. The van der Waals surface area contributed by atoms with Crippen molar-refractivity contribution in [2.24, 2.45) is 11.8 Å². The van der Waals surface area contributed by atoms with E-state index in [9.17, 15) is 14.7 Å². The average molecular weight is 271 g/mol. The molecule has 1 aromatic rings. The lowest BCUT2D eigenvalue weighted by Gasteiger charge is -2.24. The second-order valence-electron chi connectivity index (χ2n) is 5.35. The van der Waals surface area contributed by atoms with E-state index in [0.717, 1.165) is 0 Å². The fraction of sp³-hybridized carbons (Fsp3) is 0.357. The fourth-order valence-corrected chi connectivity index (χ4v) is 3.50. The summed E-state index contributed by atoms with van der Waals surface area (Å²) in [5.74, 6) is -3.08. The number of rotatable bonds is 2. The Morgan fingerprint density at radius 3 is 3.10 bits per heavy atom. The summed E-state index contributed by atoms with van der Waals surface area (Å²) in [6.07, 6.45) is 6.19. The van der Waals surface area contributed by atoms with Crippen LogP contribution < -0.4 is 10.0 Å². The lowest BCUT2D eigenvalue weighted by atomic mass is 9.77. The Balaban J connectivity index is 1.76. The van der Waals surface area contributed by atoms with Crippen molar-refractivity contribution in [3.63, 3.8) is 0 Å². The summed E-state index contributed by atoms with van der Waals surface area (Å²) >= 11 is 0. The van der Waals surface area contributed by atoms with Gasteiger partial charge in [-0.15, -0.1) is 0 Å². The highest BCUT2D eigenvalue weighted by molar-refractivity contribution is 6.02. The van der Waals surface area contributed by atoms with E-state index in [4.69, 9.17) is 4.74 Å². The van der Waals surface area contributed by atoms with Crippen LogP contribution in [0.3, 0.4) is 0 Å². The van der Waals surface area contributed by atoms with E-state index in [1.807, 2.05) is 6.08 Å². The van der Waals surface area contributed by atoms with Gasteiger partial charge in [-0.2, -0.15) is 0 Å². The molecule has 6 nitrogen and oxygen atoms in total. The molecule has 1 spiro atoms. The first-order valence-electron chi connectivity index (χ1n) is 6.42. The van der Waals surface area contributed by atoms with Crippen LogP contribution in [0.4, 0.5) is 5.69 Å². The summed E-state index contributed by atoms with van der Waals surface area (Å²) in [7, 11) is 0. The van der Waals surface area contributed by atoms with Gasteiger partial charge in [-0.25, -0.2) is 0 Å². The van der Waals surface area contributed by atoms with Crippen LogP contribution >= 0.6 is 0 Å². The number of pyridine rings is 1. The molecule has 3 aliphatic rings. The minimum absolute atomic E-state index is 0.237. The number of hydrogen-bond acceptors (Lipinski definition) is 5. The zero-order valence-electron chi connectivity index (χ0n) is 10.4. The smallest absolute Gasteiger partial charge is 0.234 e. The van der Waals surface area contributed by atoms with Crippen molar-refractivity contribution in [1.82, 2.24) is 4.98 Å². The Morgan fingerprint density at radius 1 is 1.55 bits per heavy atom. The summed E-state index contributed by atoms with van der Waals surface area (Å²) in [4.78, 5) is 29.4. The highest BCUT2D eigenvalue weighted by Gasteiger charge is 2.65. The molecule has 0 N–H and O–H groups in total. The fourth-order valence-electron chi connectivity index (χ4n) is 3.50. The lowest BCUT2D eigenvalue weighted by Crippen LogP contribution is -2.45. The van der Waals surface area contributed by atoms with Crippen molar-refractivity contribution in [2.45, 2.75) is 11.7 Å². The Hall–Kier alpha value is -2.21. The number of carbonyl (C=O) groups excluding carboxylic acids is 2. The highest BCUT2D eigenvalue weighted by Crippen LogP contribution is 2.52. The lowest BCUT2D eigenvalue weighted by molar-refractivity contribution is -0.313. The van der Waals surface area contributed by atoms with Gasteiger partial charge in [-0.3, -0.25) is 9.78 Å². The van der Waals surface area contributed by atoms with E-state index in [-0.39, 0.29) is 5.91 Å². The molecule has 1 aromatic heterocycles. The number of carboxylic acid groups (broad SMARTS) is 1. The van der Waals surface area contributed by atoms with Crippen LogP contribution in [0.25, 0.3) is 0 Å². The number of anilines is 1. The maximum Gasteiger partial charge on any atom is 0.234 e. The molecule has 0 radical (unpaired) electrons. The summed E-state index contributed by atoms with van der Waals surface area (Å²) in [6, 6.07) is 3.51. The van der Waals surface area contributed by atoms with Gasteiger partial charge >= 0.3 is 0 Å². The Morgan fingerprint density at radius 2 is 2.40 bits per heavy atom. The molecule has 2 saturated heterocycles. The van der Waals surface area contributed by atoms with Gasteiger partial charge in [0.25, 0.3) is 0 Å². The Kier molecular flexibility index (Phi) is 2.13. The molecule has 4 rings (SSSR count). The first kappa shape index (κ1) is 11.6. The molecule has 1 amide bonds. The molecule has 102 valence electrons. The van der Waals surface area contributed by atoms with E-state index in [0.29, 0.717) is 12.2 Å². The van der Waals surface area contributed by atoms with Crippen molar-refractivity contribution in [2.75, 3.05) is 11.4 Å². The van der Waals surface area contributed by atoms with Crippen LogP contribution in [0.5, 0.6) is 0 Å². The van der Waals surface area contributed by atoms with Crippen LogP contribution in [0.15, 0.2) is 36.7 Å². The van der Waals surface area contributed by atoms with Crippen molar-refractivity contribution >= 4 is 17.6 Å². The number of hydrogen-bond donors (Lipinski definition) is 0. The largest absolute Gasteiger partial charge is 0.550 e. The average Bonchev–Trinajstić information content (AvgIpc) is 3.08. The first-order valence-corrected chi connectivity index (χ1v) is 6.42. The second kappa shape index (κ2) is 3.67. The molecule has 2 bridgehead atoms. The van der Waals surface area contributed by atoms with Crippen molar-refractivity contribution < 1.29 is 19.4 Å². The van der Waals surface area contributed by atoms with Gasteiger partial charge in [0, 0.05) is 18.1 Å². The quantitative estimate of drug-likeness (QED) is 0.652. The molecule has 2 fully saturated rings. The monoisotopic (exact) mass is 271 g/mol. The number of nitrogens with zero attached hydrogens (tertiary/aromatic N) is 2. The summed E-state index contributed by atoms with van der Waals surface area (Å²) in [6.45, 7) is 0.318. The van der Waals surface area contributed by atoms with E-state index in [1.54, 1.807) is 35.5 Å². The third-order valence-corrected chi connectivity index (χ3v) is 4.33. The highest BCUT2D eigenvalue weighted by atomic mass is 16.5. The van der Waals surface area contributed by atoms with Crippen molar-refractivity contribution in [3.05, 3.63) is 36.7 Å².